The Labute approximate surface area is 85.7 Å². The molecule has 1 fully saturated rings. The van der Waals surface area contributed by atoms with Crippen molar-refractivity contribution in [2.45, 2.75) is 19.3 Å². The van der Waals surface area contributed by atoms with E-state index in [2.05, 4.69) is 42.5 Å². The SMILES string of the molecule is C1=CCC2CCC(C3C=CC=C3)C2=C1. The molecule has 3 rings (SSSR count). The zero-order chi connectivity index (χ0) is 9.38. The van der Waals surface area contributed by atoms with Gasteiger partial charge in [-0.2, -0.15) is 0 Å². The van der Waals surface area contributed by atoms with Crippen molar-refractivity contribution in [2.24, 2.45) is 17.8 Å². The lowest BCUT2D eigenvalue weighted by Gasteiger charge is -2.21. The Kier molecular flexibility index (Phi) is 1.93. The fraction of sp³-hybridized carbons (Fsp3) is 0.429. The van der Waals surface area contributed by atoms with Gasteiger partial charge in [-0.3, -0.25) is 0 Å². The maximum atomic E-state index is 2.37. The highest BCUT2D eigenvalue weighted by atomic mass is 14.4. The summed E-state index contributed by atoms with van der Waals surface area (Å²) in [5.41, 5.74) is 1.72. The molecule has 0 N–H and O–H groups in total. The molecule has 0 bridgehead atoms. The van der Waals surface area contributed by atoms with Crippen LogP contribution >= 0.6 is 0 Å². The van der Waals surface area contributed by atoms with Crippen molar-refractivity contribution < 1.29 is 0 Å². The summed E-state index contributed by atoms with van der Waals surface area (Å²) >= 11 is 0. The molecule has 0 saturated heterocycles. The summed E-state index contributed by atoms with van der Waals surface area (Å²) in [7, 11) is 0. The molecule has 72 valence electrons. The molecule has 3 aliphatic rings. The monoisotopic (exact) mass is 184 g/mol. The van der Waals surface area contributed by atoms with Crippen LogP contribution < -0.4 is 0 Å². The predicted molar refractivity (Wildman–Crippen MR) is 59.8 cm³/mol. The molecule has 2 atom stereocenters. The van der Waals surface area contributed by atoms with Crippen LogP contribution in [-0.2, 0) is 0 Å². The van der Waals surface area contributed by atoms with Gasteiger partial charge in [0.2, 0.25) is 0 Å². The van der Waals surface area contributed by atoms with E-state index in [9.17, 15) is 0 Å². The lowest BCUT2D eigenvalue weighted by atomic mass is 9.84. The topological polar surface area (TPSA) is 0 Å². The number of hydrogen-bond donors (Lipinski definition) is 0. The summed E-state index contributed by atoms with van der Waals surface area (Å²) in [4.78, 5) is 0. The third-order valence-electron chi connectivity index (χ3n) is 3.81. The second kappa shape index (κ2) is 3.27. The standard InChI is InChI=1S/C14H16/c1-2-6-11(5-1)14-10-9-12-7-3-4-8-13(12)14/h1-6,8,11-12,14H,7,9-10H2. The van der Waals surface area contributed by atoms with Crippen molar-refractivity contribution in [1.82, 2.24) is 0 Å². The molecule has 0 amide bonds. The van der Waals surface area contributed by atoms with Crippen LogP contribution in [0.1, 0.15) is 19.3 Å². The van der Waals surface area contributed by atoms with E-state index in [4.69, 9.17) is 0 Å². The number of allylic oxidation sites excluding steroid dienone is 8. The summed E-state index contributed by atoms with van der Waals surface area (Å²) in [5.74, 6) is 2.37. The first kappa shape index (κ1) is 8.28. The van der Waals surface area contributed by atoms with E-state index in [-0.39, 0.29) is 0 Å². The molecule has 0 aliphatic heterocycles. The maximum absolute atomic E-state index is 2.37. The van der Waals surface area contributed by atoms with Crippen molar-refractivity contribution in [3.63, 3.8) is 0 Å². The van der Waals surface area contributed by atoms with E-state index in [1.807, 2.05) is 0 Å². The molecule has 0 aromatic heterocycles. The Morgan fingerprint density at radius 2 is 1.86 bits per heavy atom. The van der Waals surface area contributed by atoms with E-state index >= 15 is 0 Å². The fourth-order valence-corrected chi connectivity index (χ4v) is 3.08. The van der Waals surface area contributed by atoms with Gasteiger partial charge in [-0.1, -0.05) is 48.1 Å². The average molecular weight is 184 g/mol. The second-order valence-electron chi connectivity index (χ2n) is 4.56. The Morgan fingerprint density at radius 1 is 1.00 bits per heavy atom. The Morgan fingerprint density at radius 3 is 2.71 bits per heavy atom. The Hall–Kier alpha value is -1.04. The summed E-state index contributed by atoms with van der Waals surface area (Å²) < 4.78 is 0. The molecule has 0 aromatic rings. The van der Waals surface area contributed by atoms with E-state index < -0.39 is 0 Å². The number of rotatable bonds is 1. The minimum atomic E-state index is 0.692. The van der Waals surface area contributed by atoms with Crippen LogP contribution in [0.4, 0.5) is 0 Å². The first-order chi connectivity index (χ1) is 6.95. The molecule has 3 aliphatic carbocycles. The van der Waals surface area contributed by atoms with Crippen molar-refractivity contribution in [3.05, 3.63) is 48.1 Å². The molecular weight excluding hydrogens is 168 g/mol. The lowest BCUT2D eigenvalue weighted by Crippen LogP contribution is -2.10. The van der Waals surface area contributed by atoms with E-state index in [0.29, 0.717) is 5.92 Å². The van der Waals surface area contributed by atoms with E-state index in [1.165, 1.54) is 19.3 Å². The molecule has 0 spiro atoms. The molecular formula is C14H16. The van der Waals surface area contributed by atoms with Gasteiger partial charge in [0.1, 0.15) is 0 Å². The molecule has 0 nitrogen and oxygen atoms in total. The fourth-order valence-electron chi connectivity index (χ4n) is 3.08. The highest BCUT2D eigenvalue weighted by Crippen LogP contribution is 2.45. The van der Waals surface area contributed by atoms with Gasteiger partial charge in [0.25, 0.3) is 0 Å². The summed E-state index contributed by atoms with van der Waals surface area (Å²) in [5, 5.41) is 0. The van der Waals surface area contributed by atoms with Crippen LogP contribution in [0, 0.1) is 17.8 Å². The number of fused-ring (bicyclic) bond motifs is 1. The molecule has 0 heteroatoms. The molecule has 1 saturated carbocycles. The maximum Gasteiger partial charge on any atom is 0.00185 e. The van der Waals surface area contributed by atoms with Crippen molar-refractivity contribution in [3.8, 4) is 0 Å². The molecule has 14 heavy (non-hydrogen) atoms. The van der Waals surface area contributed by atoms with Gasteiger partial charge in [-0.15, -0.1) is 0 Å². The van der Waals surface area contributed by atoms with Crippen molar-refractivity contribution in [2.75, 3.05) is 0 Å². The van der Waals surface area contributed by atoms with Crippen molar-refractivity contribution >= 4 is 0 Å². The third-order valence-corrected chi connectivity index (χ3v) is 3.81. The van der Waals surface area contributed by atoms with Crippen LogP contribution in [0.25, 0.3) is 0 Å². The Bertz CT molecular complexity index is 329. The van der Waals surface area contributed by atoms with Gasteiger partial charge in [-0.05, 0) is 31.1 Å². The van der Waals surface area contributed by atoms with Gasteiger partial charge in [0.05, 0.1) is 0 Å². The molecule has 2 unspecified atom stereocenters. The van der Waals surface area contributed by atoms with Crippen LogP contribution in [0.3, 0.4) is 0 Å². The van der Waals surface area contributed by atoms with E-state index in [0.717, 1.165) is 11.8 Å². The average Bonchev–Trinajstić information content (AvgIpc) is 2.85. The second-order valence-corrected chi connectivity index (χ2v) is 4.56. The van der Waals surface area contributed by atoms with Crippen molar-refractivity contribution in [1.29, 1.82) is 0 Å². The van der Waals surface area contributed by atoms with Gasteiger partial charge in [0, 0.05) is 5.92 Å². The largest absolute Gasteiger partial charge is 0.0839 e. The molecule has 0 heterocycles. The zero-order valence-corrected chi connectivity index (χ0v) is 8.39. The quantitative estimate of drug-likeness (QED) is 0.583. The summed E-state index contributed by atoms with van der Waals surface area (Å²) in [6.07, 6.45) is 20.1. The van der Waals surface area contributed by atoms with Gasteiger partial charge >= 0.3 is 0 Å². The highest BCUT2D eigenvalue weighted by molar-refractivity contribution is 5.31. The van der Waals surface area contributed by atoms with Gasteiger partial charge in [-0.25, -0.2) is 0 Å². The van der Waals surface area contributed by atoms with Crippen LogP contribution in [0.2, 0.25) is 0 Å². The van der Waals surface area contributed by atoms with Crippen LogP contribution in [0.5, 0.6) is 0 Å². The molecule has 0 radical (unpaired) electrons. The summed E-state index contributed by atoms with van der Waals surface area (Å²) in [6.45, 7) is 0. The van der Waals surface area contributed by atoms with Gasteiger partial charge in [0.15, 0.2) is 0 Å². The zero-order valence-electron chi connectivity index (χ0n) is 8.39. The minimum absolute atomic E-state index is 0.692. The Balaban J connectivity index is 1.87. The van der Waals surface area contributed by atoms with Crippen LogP contribution in [0.15, 0.2) is 48.1 Å². The minimum Gasteiger partial charge on any atom is -0.0839 e. The van der Waals surface area contributed by atoms with E-state index in [1.54, 1.807) is 5.57 Å². The molecule has 0 aromatic carbocycles. The first-order valence-electron chi connectivity index (χ1n) is 5.67. The smallest absolute Gasteiger partial charge is 0.00185 e. The first-order valence-corrected chi connectivity index (χ1v) is 5.67. The third kappa shape index (κ3) is 1.21. The highest BCUT2D eigenvalue weighted by Gasteiger charge is 2.33. The van der Waals surface area contributed by atoms with Crippen LogP contribution in [-0.4, -0.2) is 0 Å². The lowest BCUT2D eigenvalue weighted by molar-refractivity contribution is 0.543. The summed E-state index contributed by atoms with van der Waals surface area (Å²) in [6, 6.07) is 0. The normalized spacial score (nSPS) is 35.0. The number of hydrogen-bond acceptors (Lipinski definition) is 0. The predicted octanol–water partition coefficient (Wildman–Crippen LogP) is 3.64. The van der Waals surface area contributed by atoms with Gasteiger partial charge < -0.3 is 0 Å².